The summed E-state index contributed by atoms with van der Waals surface area (Å²) in [5.74, 6) is -1.32. The van der Waals surface area contributed by atoms with Crippen LogP contribution in [0.5, 0.6) is 0 Å². The van der Waals surface area contributed by atoms with Crippen molar-refractivity contribution in [2.24, 2.45) is 0 Å². The number of fused-ring (bicyclic) bond motifs is 1. The van der Waals surface area contributed by atoms with Crippen molar-refractivity contribution < 1.29 is 9.90 Å². The monoisotopic (exact) mass is 201 g/mol. The van der Waals surface area contributed by atoms with Gasteiger partial charge in [0.15, 0.2) is 0 Å². The van der Waals surface area contributed by atoms with Crippen LogP contribution in [0.1, 0.15) is 18.4 Å². The summed E-state index contributed by atoms with van der Waals surface area (Å²) >= 11 is 0. The Balaban J connectivity index is 2.65. The molecule has 1 aromatic carbocycles. The molecule has 1 atom stereocenters. The quantitative estimate of drug-likeness (QED) is 0.811. The maximum absolute atomic E-state index is 10.9. The highest BCUT2D eigenvalue weighted by atomic mass is 16.4. The van der Waals surface area contributed by atoms with Crippen molar-refractivity contribution in [2.45, 2.75) is 12.8 Å². The van der Waals surface area contributed by atoms with Crippen LogP contribution in [-0.2, 0) is 4.79 Å². The number of nitrogens with zero attached hydrogens (tertiary/aromatic N) is 1. The normalized spacial score (nSPS) is 12.6. The smallest absolute Gasteiger partial charge is 0.310 e. The molecule has 3 nitrogen and oxygen atoms in total. The number of carboxylic acid groups (broad SMARTS) is 1. The molecule has 0 amide bonds. The van der Waals surface area contributed by atoms with Crippen LogP contribution in [0, 0.1) is 0 Å². The van der Waals surface area contributed by atoms with E-state index in [1.165, 1.54) is 0 Å². The number of hydrogen-bond donors (Lipinski definition) is 1. The molecule has 0 aliphatic carbocycles. The highest BCUT2D eigenvalue weighted by molar-refractivity contribution is 5.88. The molecule has 0 spiro atoms. The number of carboxylic acids is 1. The molecule has 0 saturated carbocycles. The first-order valence-corrected chi connectivity index (χ1v) is 4.76. The summed E-state index contributed by atoms with van der Waals surface area (Å²) in [5, 5.41) is 9.89. The molecule has 2 aromatic rings. The van der Waals surface area contributed by atoms with E-state index in [1.54, 1.807) is 19.2 Å². The van der Waals surface area contributed by atoms with Crippen LogP contribution in [0.2, 0.25) is 0 Å². The summed E-state index contributed by atoms with van der Waals surface area (Å²) in [7, 11) is 0. The molecule has 1 heterocycles. The average Bonchev–Trinajstić information content (AvgIpc) is 2.27. The van der Waals surface area contributed by atoms with Gasteiger partial charge in [0.05, 0.1) is 11.4 Å². The molecular weight excluding hydrogens is 190 g/mol. The van der Waals surface area contributed by atoms with Gasteiger partial charge < -0.3 is 5.11 Å². The van der Waals surface area contributed by atoms with Crippen molar-refractivity contribution in [1.29, 1.82) is 0 Å². The minimum atomic E-state index is -0.814. The van der Waals surface area contributed by atoms with E-state index >= 15 is 0 Å². The molecule has 0 unspecified atom stereocenters. The highest BCUT2D eigenvalue weighted by Gasteiger charge is 2.15. The number of rotatable bonds is 2. The summed E-state index contributed by atoms with van der Waals surface area (Å²) in [5.41, 5.74) is 1.65. The molecule has 0 aliphatic heterocycles. The van der Waals surface area contributed by atoms with Crippen LogP contribution in [0.4, 0.5) is 0 Å². The summed E-state index contributed by atoms with van der Waals surface area (Å²) in [6, 6.07) is 9.33. The van der Waals surface area contributed by atoms with Crippen LogP contribution < -0.4 is 0 Å². The van der Waals surface area contributed by atoms with E-state index in [0.29, 0.717) is 0 Å². The maximum Gasteiger partial charge on any atom is 0.310 e. The van der Waals surface area contributed by atoms with Crippen molar-refractivity contribution in [3.63, 3.8) is 0 Å². The Morgan fingerprint density at radius 2 is 2.07 bits per heavy atom. The minimum absolute atomic E-state index is 0.502. The van der Waals surface area contributed by atoms with Gasteiger partial charge >= 0.3 is 5.97 Å². The van der Waals surface area contributed by atoms with Gasteiger partial charge in [0.25, 0.3) is 0 Å². The first-order chi connectivity index (χ1) is 7.20. The van der Waals surface area contributed by atoms with Crippen LogP contribution >= 0.6 is 0 Å². The number of carbonyl (C=O) groups is 1. The number of benzene rings is 1. The van der Waals surface area contributed by atoms with Gasteiger partial charge in [-0.05, 0) is 24.6 Å². The third-order valence-electron chi connectivity index (χ3n) is 2.52. The standard InChI is InChI=1S/C12H11NO2/c1-8(12(14)15)9-6-7-13-11-5-3-2-4-10(9)11/h2-8H,1H3,(H,14,15)/t8-/m1/s1. The predicted molar refractivity (Wildman–Crippen MR) is 57.8 cm³/mol. The van der Waals surface area contributed by atoms with Gasteiger partial charge in [-0.1, -0.05) is 18.2 Å². The summed E-state index contributed by atoms with van der Waals surface area (Å²) in [6.45, 7) is 1.68. The summed E-state index contributed by atoms with van der Waals surface area (Å²) < 4.78 is 0. The Morgan fingerprint density at radius 3 is 2.80 bits per heavy atom. The highest BCUT2D eigenvalue weighted by Crippen LogP contribution is 2.23. The number of para-hydroxylation sites is 1. The van der Waals surface area contributed by atoms with Crippen molar-refractivity contribution in [2.75, 3.05) is 0 Å². The first-order valence-electron chi connectivity index (χ1n) is 4.76. The lowest BCUT2D eigenvalue weighted by atomic mass is 9.98. The van der Waals surface area contributed by atoms with Crippen LogP contribution in [0.3, 0.4) is 0 Å². The SMILES string of the molecule is C[C@@H](C(=O)O)c1ccnc2ccccc12. The molecule has 15 heavy (non-hydrogen) atoms. The van der Waals surface area contributed by atoms with Gasteiger partial charge in [0.2, 0.25) is 0 Å². The third kappa shape index (κ3) is 1.68. The van der Waals surface area contributed by atoms with Crippen LogP contribution in [0.25, 0.3) is 10.9 Å². The van der Waals surface area contributed by atoms with E-state index in [0.717, 1.165) is 16.5 Å². The third-order valence-corrected chi connectivity index (χ3v) is 2.52. The summed E-state index contributed by atoms with van der Waals surface area (Å²) in [4.78, 5) is 15.1. The van der Waals surface area contributed by atoms with Crippen molar-refractivity contribution in [3.05, 3.63) is 42.1 Å². The van der Waals surface area contributed by atoms with E-state index in [9.17, 15) is 4.79 Å². The zero-order chi connectivity index (χ0) is 10.8. The molecule has 1 aromatic heterocycles. The second kappa shape index (κ2) is 3.69. The fraction of sp³-hybridized carbons (Fsp3) is 0.167. The van der Waals surface area contributed by atoms with E-state index in [-0.39, 0.29) is 0 Å². The van der Waals surface area contributed by atoms with Crippen molar-refractivity contribution in [1.82, 2.24) is 4.98 Å². The topological polar surface area (TPSA) is 50.2 Å². The Kier molecular flexibility index (Phi) is 2.37. The molecule has 3 heteroatoms. The second-order valence-corrected chi connectivity index (χ2v) is 3.48. The molecule has 0 aliphatic rings. The Morgan fingerprint density at radius 1 is 1.33 bits per heavy atom. The van der Waals surface area contributed by atoms with Crippen molar-refractivity contribution in [3.8, 4) is 0 Å². The number of aliphatic carboxylic acids is 1. The lowest BCUT2D eigenvalue weighted by Crippen LogP contribution is -2.07. The largest absolute Gasteiger partial charge is 0.481 e. The lowest BCUT2D eigenvalue weighted by Gasteiger charge is -2.09. The minimum Gasteiger partial charge on any atom is -0.481 e. The number of pyridine rings is 1. The lowest BCUT2D eigenvalue weighted by molar-refractivity contribution is -0.138. The van der Waals surface area contributed by atoms with Gasteiger partial charge in [-0.25, -0.2) is 0 Å². The van der Waals surface area contributed by atoms with Crippen LogP contribution in [0.15, 0.2) is 36.5 Å². The van der Waals surface area contributed by atoms with E-state index in [4.69, 9.17) is 5.11 Å². The fourth-order valence-corrected chi connectivity index (χ4v) is 1.63. The van der Waals surface area contributed by atoms with Crippen molar-refractivity contribution >= 4 is 16.9 Å². The number of aromatic nitrogens is 1. The zero-order valence-corrected chi connectivity index (χ0v) is 8.34. The molecule has 0 fully saturated rings. The van der Waals surface area contributed by atoms with E-state index in [1.807, 2.05) is 24.3 Å². The average molecular weight is 201 g/mol. The number of hydrogen-bond acceptors (Lipinski definition) is 2. The van der Waals surface area contributed by atoms with Gasteiger partial charge in [0.1, 0.15) is 0 Å². The molecule has 0 saturated heterocycles. The second-order valence-electron chi connectivity index (χ2n) is 3.48. The molecule has 0 bridgehead atoms. The van der Waals surface area contributed by atoms with E-state index < -0.39 is 11.9 Å². The van der Waals surface area contributed by atoms with E-state index in [2.05, 4.69) is 4.98 Å². The predicted octanol–water partition coefficient (Wildman–Crippen LogP) is 2.42. The molecule has 2 rings (SSSR count). The summed E-state index contributed by atoms with van der Waals surface area (Å²) in [6.07, 6.45) is 1.65. The van der Waals surface area contributed by atoms with Gasteiger partial charge in [0, 0.05) is 11.6 Å². The maximum atomic E-state index is 10.9. The Bertz CT molecular complexity index is 502. The zero-order valence-electron chi connectivity index (χ0n) is 8.34. The van der Waals surface area contributed by atoms with Gasteiger partial charge in [-0.3, -0.25) is 9.78 Å². The van der Waals surface area contributed by atoms with Gasteiger partial charge in [-0.15, -0.1) is 0 Å². The van der Waals surface area contributed by atoms with Gasteiger partial charge in [-0.2, -0.15) is 0 Å². The molecule has 1 N–H and O–H groups in total. The Hall–Kier alpha value is -1.90. The first kappa shape index (κ1) is 9.65. The molecule has 76 valence electrons. The Labute approximate surface area is 87.4 Å². The molecule has 0 radical (unpaired) electrons. The fourth-order valence-electron chi connectivity index (χ4n) is 1.63. The molecular formula is C12H11NO2. The van der Waals surface area contributed by atoms with Crippen LogP contribution in [-0.4, -0.2) is 16.1 Å².